The molecule has 3 aromatic rings. The molecule has 1 unspecified atom stereocenters. The number of amides is 4. The lowest BCUT2D eigenvalue weighted by molar-refractivity contribution is -0.129. The summed E-state index contributed by atoms with van der Waals surface area (Å²) in [6.45, 7) is 4.14. The Hall–Kier alpha value is -7.07. The van der Waals surface area contributed by atoms with Gasteiger partial charge in [-0.1, -0.05) is 24.3 Å². The van der Waals surface area contributed by atoms with E-state index < -0.39 is 54.8 Å². The Morgan fingerprint density at radius 1 is 0.867 bits per heavy atom. The predicted octanol–water partition coefficient (Wildman–Crippen LogP) is 4.44. The Morgan fingerprint density at radius 3 is 2.33 bits per heavy atom. The van der Waals surface area contributed by atoms with E-state index in [2.05, 4.69) is 16.0 Å². The number of aromatic hydroxyl groups is 1. The molecule has 1 atom stereocenters. The number of carbonyl (C=O) groups excluding carboxylic acids is 5. The number of carbonyl (C=O) groups is 6. The third-order valence-corrected chi connectivity index (χ3v) is 10.1. The maximum atomic E-state index is 13.4. The number of carboxylic acid groups (broad SMARTS) is 1. The number of benzene rings is 4. The number of phenols is 1. The van der Waals surface area contributed by atoms with Crippen LogP contribution in [0.5, 0.6) is 5.75 Å². The van der Waals surface area contributed by atoms with Crippen molar-refractivity contribution in [3.63, 3.8) is 0 Å². The summed E-state index contributed by atoms with van der Waals surface area (Å²) in [6.07, 6.45) is 0.805. The number of ketones is 1. The highest BCUT2D eigenvalue weighted by Crippen LogP contribution is 2.42. The highest BCUT2D eigenvalue weighted by Gasteiger charge is 2.26. The number of unbranched alkanes of at least 4 members (excludes halogenated alkanes) is 1. The van der Waals surface area contributed by atoms with Crippen LogP contribution in [0.15, 0.2) is 82.0 Å². The molecule has 2 heterocycles. The third kappa shape index (κ3) is 10.1. The van der Waals surface area contributed by atoms with Crippen molar-refractivity contribution >= 4 is 46.5 Å². The van der Waals surface area contributed by atoms with Gasteiger partial charge in [-0.05, 0) is 86.2 Å². The van der Waals surface area contributed by atoms with Gasteiger partial charge in [0.25, 0.3) is 5.91 Å². The maximum absolute atomic E-state index is 13.4. The summed E-state index contributed by atoms with van der Waals surface area (Å²) >= 11 is 0. The van der Waals surface area contributed by atoms with E-state index in [1.165, 1.54) is 53.4 Å². The Morgan fingerprint density at radius 2 is 1.60 bits per heavy atom. The number of morpholine rings is 1. The van der Waals surface area contributed by atoms with Crippen molar-refractivity contribution in [3.05, 3.63) is 111 Å². The zero-order valence-corrected chi connectivity index (χ0v) is 33.0. The van der Waals surface area contributed by atoms with Crippen LogP contribution in [0.2, 0.25) is 0 Å². The number of fused-ring (bicyclic) bond motifs is 2. The highest BCUT2D eigenvalue weighted by molar-refractivity contribution is 6.09. The first kappa shape index (κ1) is 42.5. The number of phenolic OH excluding ortho intramolecular Hbond substituents is 1. The largest absolute Gasteiger partial charge is 0.508 e. The van der Waals surface area contributed by atoms with Crippen molar-refractivity contribution in [1.82, 2.24) is 20.9 Å². The van der Waals surface area contributed by atoms with Crippen LogP contribution >= 0.6 is 0 Å². The van der Waals surface area contributed by atoms with Crippen LogP contribution in [-0.2, 0) is 19.1 Å². The molecule has 4 amide bonds. The number of esters is 1. The molecule has 6 rings (SSSR count). The van der Waals surface area contributed by atoms with Gasteiger partial charge in [-0.2, -0.15) is 0 Å². The van der Waals surface area contributed by atoms with E-state index in [4.69, 9.17) is 13.9 Å². The van der Waals surface area contributed by atoms with Crippen molar-refractivity contribution in [1.29, 1.82) is 0 Å². The number of Topliss-reactive ketones (excluding diaryl/α,β-unsaturated/α-hetero) is 1. The first-order valence-corrected chi connectivity index (χ1v) is 19.3. The normalized spacial score (nSPS) is 13.1. The van der Waals surface area contributed by atoms with Crippen LogP contribution in [0.4, 0.5) is 4.79 Å². The highest BCUT2D eigenvalue weighted by atomic mass is 16.5. The number of aryl methyl sites for hydroxylation is 2. The zero-order valence-electron chi connectivity index (χ0n) is 33.0. The molecule has 1 fully saturated rings. The molecule has 1 saturated heterocycles. The molecule has 16 nitrogen and oxygen atoms in total. The van der Waals surface area contributed by atoms with E-state index in [1.54, 1.807) is 38.1 Å². The summed E-state index contributed by atoms with van der Waals surface area (Å²) in [5.74, 6) is -3.63. The summed E-state index contributed by atoms with van der Waals surface area (Å²) in [5.41, 5.74) is 2.63. The summed E-state index contributed by atoms with van der Waals surface area (Å²) in [7, 11) is 0. The SMILES string of the molecule is Cc1cccc(C)c1C(=O)OCC(=O)C(CCCCNC(=O)c1ccc(-c2c3ccc(=O)cc-3oc3cc(O)ccc23)c(C(=O)O)c1)NC(=O)CNC(=O)N1CCOCC1. The van der Waals surface area contributed by atoms with Crippen molar-refractivity contribution in [2.24, 2.45) is 0 Å². The van der Waals surface area contributed by atoms with Gasteiger partial charge in [-0.25, -0.2) is 14.4 Å². The van der Waals surface area contributed by atoms with E-state index in [1.807, 2.05) is 0 Å². The molecular weight excluding hydrogens is 776 g/mol. The van der Waals surface area contributed by atoms with E-state index >= 15 is 0 Å². The number of rotatable bonds is 15. The van der Waals surface area contributed by atoms with Crippen LogP contribution in [0, 0.1) is 13.8 Å². The van der Waals surface area contributed by atoms with E-state index in [0.717, 1.165) is 0 Å². The van der Waals surface area contributed by atoms with Gasteiger partial charge in [-0.15, -0.1) is 0 Å². The minimum Gasteiger partial charge on any atom is -0.508 e. The van der Waals surface area contributed by atoms with Crippen molar-refractivity contribution < 1.29 is 52.9 Å². The zero-order chi connectivity index (χ0) is 42.9. The monoisotopic (exact) mass is 820 g/mol. The molecule has 0 spiro atoms. The Kier molecular flexibility index (Phi) is 13.6. The van der Waals surface area contributed by atoms with Gasteiger partial charge in [0.05, 0.1) is 36.9 Å². The van der Waals surface area contributed by atoms with Gasteiger partial charge in [0.1, 0.15) is 17.1 Å². The topological polar surface area (TPSA) is 231 Å². The number of urea groups is 1. The predicted molar refractivity (Wildman–Crippen MR) is 218 cm³/mol. The first-order valence-electron chi connectivity index (χ1n) is 19.3. The van der Waals surface area contributed by atoms with Crippen LogP contribution < -0.4 is 21.4 Å². The number of hydrogen-bond acceptors (Lipinski definition) is 11. The standard InChI is InChI=1S/C44H44N4O12/c1-25-6-5-7-26(2)39(25)43(56)59-24-35(51)34(47-38(52)23-46-44(57)48-16-18-58-19-17-48)8-3-4-15-45-41(53)27-9-12-30(33(20-27)42(54)55)40-31-13-10-28(49)21-36(31)60-37-22-29(50)11-14-32(37)40/h5-7,9-14,20-22,34,49H,3-4,8,15-19,23-24H2,1-2H3,(H,45,53)(H,46,57)(H,47,52)(H,54,55). The fourth-order valence-electron chi connectivity index (χ4n) is 7.05. The Labute approximate surface area is 343 Å². The molecule has 0 saturated carbocycles. The lowest BCUT2D eigenvalue weighted by Gasteiger charge is -2.27. The minimum atomic E-state index is -1.31. The van der Waals surface area contributed by atoms with Crippen LogP contribution in [0.3, 0.4) is 0 Å². The molecule has 312 valence electrons. The lowest BCUT2D eigenvalue weighted by Crippen LogP contribution is -2.50. The summed E-state index contributed by atoms with van der Waals surface area (Å²) in [6, 6.07) is 16.5. The van der Waals surface area contributed by atoms with E-state index in [9.17, 15) is 43.8 Å². The van der Waals surface area contributed by atoms with Crippen LogP contribution in [0.25, 0.3) is 33.4 Å². The number of nitrogens with zero attached hydrogens (tertiary/aromatic N) is 1. The number of aromatic carboxylic acids is 1. The van der Waals surface area contributed by atoms with Crippen molar-refractivity contribution in [3.8, 4) is 28.2 Å². The van der Waals surface area contributed by atoms with Gasteiger partial charge in [-0.3, -0.25) is 19.2 Å². The van der Waals surface area contributed by atoms with Crippen LogP contribution in [-0.4, -0.2) is 103 Å². The number of ether oxygens (including phenoxy) is 2. The van der Waals surface area contributed by atoms with Crippen molar-refractivity contribution in [2.75, 3.05) is 46.0 Å². The van der Waals surface area contributed by atoms with Gasteiger partial charge in [0.2, 0.25) is 5.91 Å². The van der Waals surface area contributed by atoms with Gasteiger partial charge >= 0.3 is 18.0 Å². The molecule has 3 aliphatic rings. The van der Waals surface area contributed by atoms with Gasteiger partial charge < -0.3 is 45.0 Å². The molecule has 1 aliphatic carbocycles. The number of nitrogens with one attached hydrogen (secondary N) is 3. The van der Waals surface area contributed by atoms with E-state index in [-0.39, 0.29) is 52.2 Å². The summed E-state index contributed by atoms with van der Waals surface area (Å²) < 4.78 is 16.5. The second-order valence-electron chi connectivity index (χ2n) is 14.3. The molecule has 16 heteroatoms. The molecule has 5 N–H and O–H groups in total. The third-order valence-electron chi connectivity index (χ3n) is 10.1. The molecule has 0 aromatic heterocycles. The molecule has 3 aromatic carbocycles. The summed E-state index contributed by atoms with van der Waals surface area (Å²) in [5, 5.41) is 28.8. The molecule has 0 radical (unpaired) electrons. The molecule has 2 aliphatic heterocycles. The fraction of sp³-hybridized carbons (Fsp3) is 0.295. The van der Waals surface area contributed by atoms with Gasteiger partial charge in [0, 0.05) is 53.8 Å². The quantitative estimate of drug-likeness (QED) is 0.0561. The number of hydrogen-bond donors (Lipinski definition) is 5. The first-order chi connectivity index (χ1) is 28.8. The fourth-order valence-corrected chi connectivity index (χ4v) is 7.05. The average Bonchev–Trinajstić information content (AvgIpc) is 3.23. The van der Waals surface area contributed by atoms with Crippen molar-refractivity contribution in [2.45, 2.75) is 39.2 Å². The second kappa shape index (κ2) is 19.1. The summed E-state index contributed by atoms with van der Waals surface area (Å²) in [4.78, 5) is 91.3. The second-order valence-corrected chi connectivity index (χ2v) is 14.3. The average molecular weight is 821 g/mol. The number of carboxylic acids is 1. The molecular formula is C44H44N4O12. The minimum absolute atomic E-state index is 0.0648. The maximum Gasteiger partial charge on any atom is 0.339 e. The van der Waals surface area contributed by atoms with Gasteiger partial charge in [0.15, 0.2) is 17.8 Å². The Bertz CT molecular complexity index is 2470. The smallest absolute Gasteiger partial charge is 0.339 e. The molecule has 60 heavy (non-hydrogen) atoms. The van der Waals surface area contributed by atoms with E-state index in [0.29, 0.717) is 72.3 Å². The van der Waals surface area contributed by atoms with Crippen LogP contribution in [0.1, 0.15) is 61.5 Å². The lowest BCUT2D eigenvalue weighted by atomic mass is 9.90. The molecule has 0 bridgehead atoms. The Balaban J connectivity index is 1.10.